The van der Waals surface area contributed by atoms with E-state index in [1.165, 1.54) is 16.0 Å². The monoisotopic (exact) mass is 209 g/mol. The van der Waals surface area contributed by atoms with Crippen LogP contribution >= 0.6 is 11.8 Å². The van der Waals surface area contributed by atoms with Crippen LogP contribution in [0.2, 0.25) is 0 Å². The number of nitrogens with two attached hydrogens (primary N) is 1. The van der Waals surface area contributed by atoms with Crippen LogP contribution in [-0.2, 0) is 6.54 Å². The average molecular weight is 209 g/mol. The van der Waals surface area contributed by atoms with Gasteiger partial charge >= 0.3 is 0 Å². The first-order chi connectivity index (χ1) is 6.63. The maximum Gasteiger partial charge on any atom is 0.0189 e. The molecule has 0 spiro atoms. The van der Waals surface area contributed by atoms with Gasteiger partial charge in [0.25, 0.3) is 0 Å². The number of benzene rings is 1. The fourth-order valence-electron chi connectivity index (χ4n) is 1.27. The van der Waals surface area contributed by atoms with Crippen molar-refractivity contribution in [2.45, 2.75) is 32.2 Å². The van der Waals surface area contributed by atoms with Crippen molar-refractivity contribution in [1.82, 2.24) is 0 Å². The summed E-state index contributed by atoms with van der Waals surface area (Å²) in [5, 5.41) is 0. The Morgan fingerprint density at radius 3 is 2.64 bits per heavy atom. The second kappa shape index (κ2) is 5.42. The molecular weight excluding hydrogens is 190 g/mol. The second-order valence-electron chi connectivity index (χ2n) is 4.02. The topological polar surface area (TPSA) is 26.0 Å². The van der Waals surface area contributed by atoms with Gasteiger partial charge in [-0.05, 0) is 24.5 Å². The van der Waals surface area contributed by atoms with Crippen molar-refractivity contribution in [2.75, 3.05) is 5.75 Å². The first kappa shape index (κ1) is 11.6. The molecule has 0 saturated carbocycles. The Morgan fingerprint density at radius 1 is 1.36 bits per heavy atom. The van der Waals surface area contributed by atoms with Crippen LogP contribution in [0.25, 0.3) is 0 Å². The van der Waals surface area contributed by atoms with Crippen LogP contribution in [0.15, 0.2) is 23.1 Å². The molecule has 0 unspecified atom stereocenters. The number of aryl methyl sites for hydroxylation is 1. The first-order valence-corrected chi connectivity index (χ1v) is 6.04. The molecule has 0 radical (unpaired) electrons. The Labute approximate surface area is 91.1 Å². The van der Waals surface area contributed by atoms with E-state index in [0.717, 1.165) is 11.7 Å². The molecule has 14 heavy (non-hydrogen) atoms. The Balaban J connectivity index is 2.75. The van der Waals surface area contributed by atoms with E-state index in [1.807, 2.05) is 11.8 Å². The summed E-state index contributed by atoms with van der Waals surface area (Å²) in [6, 6.07) is 6.52. The third kappa shape index (κ3) is 3.35. The minimum Gasteiger partial charge on any atom is -0.326 e. The van der Waals surface area contributed by atoms with Crippen molar-refractivity contribution in [2.24, 2.45) is 11.7 Å². The predicted octanol–water partition coefficient (Wildman–Crippen LogP) is 3.20. The van der Waals surface area contributed by atoms with Crippen LogP contribution in [0.3, 0.4) is 0 Å². The van der Waals surface area contributed by atoms with Gasteiger partial charge in [-0.15, -0.1) is 11.8 Å². The van der Waals surface area contributed by atoms with Gasteiger partial charge in [-0.1, -0.05) is 31.5 Å². The van der Waals surface area contributed by atoms with E-state index < -0.39 is 0 Å². The van der Waals surface area contributed by atoms with Crippen LogP contribution in [0.5, 0.6) is 0 Å². The fourth-order valence-corrected chi connectivity index (χ4v) is 2.27. The maximum absolute atomic E-state index is 5.71. The van der Waals surface area contributed by atoms with Crippen molar-refractivity contribution >= 4 is 11.8 Å². The highest BCUT2D eigenvalue weighted by Crippen LogP contribution is 2.25. The van der Waals surface area contributed by atoms with Crippen LogP contribution in [0.4, 0.5) is 0 Å². The molecule has 0 amide bonds. The van der Waals surface area contributed by atoms with Gasteiger partial charge in [-0.2, -0.15) is 0 Å². The zero-order valence-corrected chi connectivity index (χ0v) is 10.0. The van der Waals surface area contributed by atoms with Crippen molar-refractivity contribution in [1.29, 1.82) is 0 Å². The zero-order valence-electron chi connectivity index (χ0n) is 9.21. The number of thioether (sulfide) groups is 1. The number of rotatable bonds is 4. The maximum atomic E-state index is 5.71. The van der Waals surface area contributed by atoms with Gasteiger partial charge in [0.1, 0.15) is 0 Å². The summed E-state index contributed by atoms with van der Waals surface area (Å²) in [7, 11) is 0. The molecule has 78 valence electrons. The normalized spacial score (nSPS) is 10.9. The molecule has 0 atom stereocenters. The third-order valence-electron chi connectivity index (χ3n) is 2.01. The van der Waals surface area contributed by atoms with Gasteiger partial charge in [0, 0.05) is 17.2 Å². The highest BCUT2D eigenvalue weighted by atomic mass is 32.2. The van der Waals surface area contributed by atoms with E-state index in [2.05, 4.69) is 39.0 Å². The van der Waals surface area contributed by atoms with Gasteiger partial charge in [0.15, 0.2) is 0 Å². The first-order valence-electron chi connectivity index (χ1n) is 5.06. The Bertz CT molecular complexity index is 294. The molecule has 0 bridgehead atoms. The van der Waals surface area contributed by atoms with Crippen LogP contribution in [-0.4, -0.2) is 5.75 Å². The molecule has 1 aromatic carbocycles. The summed E-state index contributed by atoms with van der Waals surface area (Å²) >= 11 is 1.91. The minimum atomic E-state index is 0.641. The van der Waals surface area contributed by atoms with Crippen molar-refractivity contribution in [3.8, 4) is 0 Å². The molecule has 1 aromatic rings. The van der Waals surface area contributed by atoms with E-state index >= 15 is 0 Å². The van der Waals surface area contributed by atoms with Crippen molar-refractivity contribution in [3.05, 3.63) is 29.3 Å². The van der Waals surface area contributed by atoms with Gasteiger partial charge in [0.05, 0.1) is 0 Å². The smallest absolute Gasteiger partial charge is 0.0189 e. The molecule has 1 rings (SSSR count). The standard InChI is InChI=1S/C12H19NS/c1-9(2)8-14-12-5-4-10(3)6-11(12)7-13/h4-6,9H,7-8,13H2,1-3H3. The lowest BCUT2D eigenvalue weighted by atomic mass is 10.1. The zero-order chi connectivity index (χ0) is 10.6. The average Bonchev–Trinajstić information content (AvgIpc) is 2.15. The van der Waals surface area contributed by atoms with Crippen LogP contribution in [0.1, 0.15) is 25.0 Å². The summed E-state index contributed by atoms with van der Waals surface area (Å²) in [6.07, 6.45) is 0. The number of hydrogen-bond acceptors (Lipinski definition) is 2. The Morgan fingerprint density at radius 2 is 2.07 bits per heavy atom. The Hall–Kier alpha value is -0.470. The molecule has 0 aliphatic rings. The van der Waals surface area contributed by atoms with Crippen LogP contribution < -0.4 is 5.73 Å². The van der Waals surface area contributed by atoms with Gasteiger partial charge in [-0.3, -0.25) is 0 Å². The van der Waals surface area contributed by atoms with Gasteiger partial charge in [-0.25, -0.2) is 0 Å². The summed E-state index contributed by atoms with van der Waals surface area (Å²) < 4.78 is 0. The lowest BCUT2D eigenvalue weighted by molar-refractivity contribution is 0.750. The molecule has 2 N–H and O–H groups in total. The summed E-state index contributed by atoms with van der Waals surface area (Å²) in [5.41, 5.74) is 8.28. The van der Waals surface area contributed by atoms with Crippen molar-refractivity contribution < 1.29 is 0 Å². The third-order valence-corrected chi connectivity index (χ3v) is 3.55. The van der Waals surface area contributed by atoms with Crippen molar-refractivity contribution in [3.63, 3.8) is 0 Å². The van der Waals surface area contributed by atoms with E-state index in [1.54, 1.807) is 0 Å². The number of hydrogen-bond donors (Lipinski definition) is 1. The van der Waals surface area contributed by atoms with Gasteiger partial charge in [0.2, 0.25) is 0 Å². The summed E-state index contributed by atoms with van der Waals surface area (Å²) in [5.74, 6) is 1.89. The van der Waals surface area contributed by atoms with E-state index in [-0.39, 0.29) is 0 Å². The molecule has 0 aliphatic carbocycles. The predicted molar refractivity (Wildman–Crippen MR) is 64.6 cm³/mol. The van der Waals surface area contributed by atoms with E-state index in [0.29, 0.717) is 6.54 Å². The SMILES string of the molecule is Cc1ccc(SCC(C)C)c(CN)c1. The quantitative estimate of drug-likeness (QED) is 0.771. The lowest BCUT2D eigenvalue weighted by Crippen LogP contribution is -2.00. The molecule has 2 heteroatoms. The molecule has 0 fully saturated rings. The molecule has 0 heterocycles. The minimum absolute atomic E-state index is 0.641. The highest BCUT2D eigenvalue weighted by molar-refractivity contribution is 7.99. The fraction of sp³-hybridized carbons (Fsp3) is 0.500. The molecule has 1 nitrogen and oxygen atoms in total. The largest absolute Gasteiger partial charge is 0.326 e. The van der Waals surface area contributed by atoms with E-state index in [4.69, 9.17) is 5.73 Å². The highest BCUT2D eigenvalue weighted by Gasteiger charge is 2.03. The summed E-state index contributed by atoms with van der Waals surface area (Å²) in [4.78, 5) is 1.34. The summed E-state index contributed by atoms with van der Waals surface area (Å²) in [6.45, 7) is 7.23. The van der Waals surface area contributed by atoms with Crippen LogP contribution in [0, 0.1) is 12.8 Å². The molecule has 0 saturated heterocycles. The van der Waals surface area contributed by atoms with E-state index in [9.17, 15) is 0 Å². The second-order valence-corrected chi connectivity index (χ2v) is 5.08. The van der Waals surface area contributed by atoms with Gasteiger partial charge < -0.3 is 5.73 Å². The molecular formula is C12H19NS. The Kier molecular flexibility index (Phi) is 4.49. The molecule has 0 aliphatic heterocycles. The lowest BCUT2D eigenvalue weighted by Gasteiger charge is -2.09. The molecule has 0 aromatic heterocycles.